The Labute approximate surface area is 156 Å². The van der Waals surface area contributed by atoms with Crippen LogP contribution < -0.4 is 21.1 Å². The lowest BCUT2D eigenvalue weighted by Crippen LogP contribution is -2.34. The Morgan fingerprint density at radius 1 is 1.15 bits per heavy atom. The van der Waals surface area contributed by atoms with Crippen LogP contribution in [0.5, 0.6) is 5.75 Å². The predicted molar refractivity (Wildman–Crippen MR) is 103 cm³/mol. The number of urea groups is 1. The number of hydrogen-bond acceptors (Lipinski definition) is 4. The summed E-state index contributed by atoms with van der Waals surface area (Å²) in [4.78, 5) is 24.3. The van der Waals surface area contributed by atoms with E-state index in [1.165, 1.54) is 9.25 Å². The van der Waals surface area contributed by atoms with E-state index in [0.29, 0.717) is 17.3 Å². The number of rotatable bonds is 6. The molecule has 0 radical (unpaired) electrons. The lowest BCUT2D eigenvalue weighted by atomic mass is 10.2. The van der Waals surface area contributed by atoms with Crippen molar-refractivity contribution in [2.24, 2.45) is 7.05 Å². The molecule has 2 N–H and O–H groups in total. The number of benzene rings is 2. The number of nitrogens with one attached hydrogen (secondary N) is 2. The molecule has 140 valence electrons. The van der Waals surface area contributed by atoms with Gasteiger partial charge in [0.15, 0.2) is 5.82 Å². The highest BCUT2D eigenvalue weighted by Crippen LogP contribution is 2.16. The number of carbonyl (C=O) groups is 1. The first-order chi connectivity index (χ1) is 13.1. The minimum absolute atomic E-state index is 0.233. The summed E-state index contributed by atoms with van der Waals surface area (Å²) in [5, 5.41) is 9.79. The Morgan fingerprint density at radius 2 is 1.93 bits per heavy atom. The number of hydrogen-bond donors (Lipinski definition) is 2. The van der Waals surface area contributed by atoms with Crippen LogP contribution in [0.2, 0.25) is 0 Å². The van der Waals surface area contributed by atoms with Crippen LogP contribution in [-0.4, -0.2) is 34.0 Å². The Bertz CT molecular complexity index is 979. The predicted octanol–water partition coefficient (Wildman–Crippen LogP) is 2.08. The van der Waals surface area contributed by atoms with Gasteiger partial charge < -0.3 is 15.4 Å². The van der Waals surface area contributed by atoms with Crippen molar-refractivity contribution in [3.8, 4) is 17.1 Å². The van der Waals surface area contributed by atoms with Gasteiger partial charge in [-0.25, -0.2) is 14.3 Å². The summed E-state index contributed by atoms with van der Waals surface area (Å²) in [6.07, 6.45) is 0. The third-order valence-corrected chi connectivity index (χ3v) is 4.01. The molecular formula is C19H21N5O3. The molecule has 0 spiro atoms. The van der Waals surface area contributed by atoms with Crippen molar-refractivity contribution >= 4 is 11.7 Å². The summed E-state index contributed by atoms with van der Waals surface area (Å²) in [7, 11) is 3.24. The molecule has 0 bridgehead atoms. The van der Waals surface area contributed by atoms with Crippen LogP contribution in [0.3, 0.4) is 0 Å². The zero-order chi connectivity index (χ0) is 19.2. The summed E-state index contributed by atoms with van der Waals surface area (Å²) in [5.74, 6) is 1.24. The van der Waals surface area contributed by atoms with Crippen molar-refractivity contribution in [1.29, 1.82) is 0 Å². The quantitative estimate of drug-likeness (QED) is 0.698. The maximum absolute atomic E-state index is 12.3. The maximum Gasteiger partial charge on any atom is 0.345 e. The van der Waals surface area contributed by atoms with Crippen molar-refractivity contribution in [3.63, 3.8) is 0 Å². The lowest BCUT2D eigenvalue weighted by Gasteiger charge is -2.08. The van der Waals surface area contributed by atoms with E-state index < -0.39 is 0 Å². The first-order valence-electron chi connectivity index (χ1n) is 8.46. The van der Waals surface area contributed by atoms with E-state index in [2.05, 4.69) is 15.7 Å². The minimum atomic E-state index is -0.365. The van der Waals surface area contributed by atoms with Gasteiger partial charge in [-0.15, -0.1) is 5.10 Å². The van der Waals surface area contributed by atoms with E-state index in [9.17, 15) is 9.59 Å². The van der Waals surface area contributed by atoms with Crippen LogP contribution in [0.25, 0.3) is 11.4 Å². The monoisotopic (exact) mass is 367 g/mol. The topological polar surface area (TPSA) is 90.2 Å². The van der Waals surface area contributed by atoms with E-state index in [-0.39, 0.29) is 24.8 Å². The third-order valence-electron chi connectivity index (χ3n) is 4.01. The van der Waals surface area contributed by atoms with Gasteiger partial charge in [0.25, 0.3) is 0 Å². The number of carbonyl (C=O) groups excluding carboxylic acids is 1. The molecule has 0 saturated heterocycles. The molecule has 8 heteroatoms. The standard InChI is InChI=1S/C19H21N5O3/c1-23-17(14-7-4-3-5-8-14)22-24(19(23)26)12-11-20-18(25)21-15-9-6-10-16(13-15)27-2/h3-10,13H,11-12H2,1-2H3,(H2,20,21,25). The number of methoxy groups -OCH3 is 1. The second-order valence-corrected chi connectivity index (χ2v) is 5.87. The zero-order valence-corrected chi connectivity index (χ0v) is 15.2. The first-order valence-corrected chi connectivity index (χ1v) is 8.46. The number of amides is 2. The summed E-state index contributed by atoms with van der Waals surface area (Å²) in [5.41, 5.74) is 1.25. The molecule has 27 heavy (non-hydrogen) atoms. The highest BCUT2D eigenvalue weighted by atomic mass is 16.5. The average molecular weight is 367 g/mol. The third kappa shape index (κ3) is 4.35. The van der Waals surface area contributed by atoms with Crippen LogP contribution in [0.15, 0.2) is 59.4 Å². The minimum Gasteiger partial charge on any atom is -0.497 e. The fraction of sp³-hybridized carbons (Fsp3) is 0.211. The van der Waals surface area contributed by atoms with Gasteiger partial charge in [0.05, 0.1) is 13.7 Å². The number of ether oxygens (including phenoxy) is 1. The molecule has 0 aliphatic rings. The van der Waals surface area contributed by atoms with Crippen LogP contribution in [0.1, 0.15) is 0 Å². The molecule has 8 nitrogen and oxygen atoms in total. The Balaban J connectivity index is 1.59. The molecule has 2 aromatic carbocycles. The van der Waals surface area contributed by atoms with Crippen molar-refractivity contribution in [3.05, 3.63) is 65.1 Å². The maximum atomic E-state index is 12.3. The normalized spacial score (nSPS) is 10.4. The molecule has 0 aliphatic carbocycles. The van der Waals surface area contributed by atoms with Gasteiger partial charge in [0.1, 0.15) is 5.75 Å². The van der Waals surface area contributed by atoms with Crippen LogP contribution >= 0.6 is 0 Å². The summed E-state index contributed by atoms with van der Waals surface area (Å²) < 4.78 is 7.95. The van der Waals surface area contributed by atoms with Gasteiger partial charge in [0, 0.05) is 30.9 Å². The summed E-state index contributed by atoms with van der Waals surface area (Å²) >= 11 is 0. The van der Waals surface area contributed by atoms with Crippen LogP contribution in [0.4, 0.5) is 10.5 Å². The van der Waals surface area contributed by atoms with E-state index in [0.717, 1.165) is 5.56 Å². The van der Waals surface area contributed by atoms with E-state index >= 15 is 0 Å². The molecule has 0 aliphatic heterocycles. The molecule has 0 saturated carbocycles. The molecule has 1 aromatic heterocycles. The molecule has 3 aromatic rings. The molecule has 0 fully saturated rings. The van der Waals surface area contributed by atoms with Crippen molar-refractivity contribution in [1.82, 2.24) is 19.7 Å². The SMILES string of the molecule is COc1cccc(NC(=O)NCCn2nc(-c3ccccc3)n(C)c2=O)c1. The zero-order valence-electron chi connectivity index (χ0n) is 15.2. The van der Waals surface area contributed by atoms with E-state index in [1.807, 2.05) is 30.3 Å². The van der Waals surface area contributed by atoms with Gasteiger partial charge in [-0.2, -0.15) is 0 Å². The van der Waals surface area contributed by atoms with Crippen LogP contribution in [-0.2, 0) is 13.6 Å². The van der Waals surface area contributed by atoms with E-state index in [4.69, 9.17) is 4.74 Å². The largest absolute Gasteiger partial charge is 0.497 e. The van der Waals surface area contributed by atoms with Crippen LogP contribution in [0, 0.1) is 0 Å². The summed E-state index contributed by atoms with van der Waals surface area (Å²) in [6, 6.07) is 16.2. The molecular weight excluding hydrogens is 346 g/mol. The Morgan fingerprint density at radius 3 is 2.67 bits per heavy atom. The van der Waals surface area contributed by atoms with Crippen molar-refractivity contribution in [2.75, 3.05) is 19.0 Å². The number of nitrogens with zero attached hydrogens (tertiary/aromatic N) is 3. The second kappa shape index (κ2) is 8.22. The average Bonchev–Trinajstić information content (AvgIpc) is 2.97. The fourth-order valence-electron chi connectivity index (χ4n) is 2.62. The summed E-state index contributed by atoms with van der Waals surface area (Å²) in [6.45, 7) is 0.534. The molecule has 0 atom stereocenters. The van der Waals surface area contributed by atoms with E-state index in [1.54, 1.807) is 38.4 Å². The molecule has 3 rings (SSSR count). The van der Waals surface area contributed by atoms with Gasteiger partial charge in [-0.1, -0.05) is 36.4 Å². The van der Waals surface area contributed by atoms with Gasteiger partial charge in [0.2, 0.25) is 0 Å². The van der Waals surface area contributed by atoms with Gasteiger partial charge in [-0.05, 0) is 12.1 Å². The number of anilines is 1. The second-order valence-electron chi connectivity index (χ2n) is 5.87. The smallest absolute Gasteiger partial charge is 0.345 e. The Kier molecular flexibility index (Phi) is 5.55. The fourth-order valence-corrected chi connectivity index (χ4v) is 2.62. The highest BCUT2D eigenvalue weighted by Gasteiger charge is 2.12. The number of aromatic nitrogens is 3. The van der Waals surface area contributed by atoms with Crippen molar-refractivity contribution in [2.45, 2.75) is 6.54 Å². The first kappa shape index (κ1) is 18.2. The Hall–Kier alpha value is -3.55. The highest BCUT2D eigenvalue weighted by molar-refractivity contribution is 5.89. The molecule has 0 unspecified atom stereocenters. The molecule has 2 amide bonds. The van der Waals surface area contributed by atoms with Gasteiger partial charge in [-0.3, -0.25) is 4.57 Å². The van der Waals surface area contributed by atoms with Gasteiger partial charge >= 0.3 is 11.7 Å². The molecule has 1 heterocycles. The lowest BCUT2D eigenvalue weighted by molar-refractivity contribution is 0.251. The van der Waals surface area contributed by atoms with Crippen molar-refractivity contribution < 1.29 is 9.53 Å².